The number of hydrogen-bond acceptors (Lipinski definition) is 4. The summed E-state index contributed by atoms with van der Waals surface area (Å²) in [4.78, 5) is 24.5. The van der Waals surface area contributed by atoms with Crippen LogP contribution in [0.5, 0.6) is 0 Å². The van der Waals surface area contributed by atoms with Gasteiger partial charge in [-0.15, -0.1) is 0 Å². The van der Waals surface area contributed by atoms with Crippen molar-refractivity contribution in [2.75, 3.05) is 29.4 Å². The van der Waals surface area contributed by atoms with Gasteiger partial charge in [0.25, 0.3) is 5.91 Å². The van der Waals surface area contributed by atoms with Gasteiger partial charge in [0.05, 0.1) is 0 Å². The summed E-state index contributed by atoms with van der Waals surface area (Å²) in [5.74, 6) is 0.457. The lowest BCUT2D eigenvalue weighted by atomic mass is 9.90. The Morgan fingerprint density at radius 3 is 2.00 bits per heavy atom. The molecule has 0 saturated carbocycles. The molecule has 5 nitrogen and oxygen atoms in total. The lowest BCUT2D eigenvalue weighted by Crippen LogP contribution is -2.38. The van der Waals surface area contributed by atoms with Crippen LogP contribution < -0.4 is 9.80 Å². The number of rotatable bonds is 4. The molecule has 1 amide bonds. The summed E-state index contributed by atoms with van der Waals surface area (Å²) in [6.45, 7) is 5.05. The topological polar surface area (TPSA) is 39.1 Å². The van der Waals surface area contributed by atoms with Crippen LogP contribution in [0.4, 0.5) is 17.1 Å². The molecule has 3 heterocycles. The molecule has 6 rings (SSSR count). The van der Waals surface area contributed by atoms with E-state index in [1.54, 1.807) is 0 Å². The van der Waals surface area contributed by atoms with Crippen molar-refractivity contribution >= 4 is 35.0 Å². The number of likely N-dealkylation sites (N-methyl/N-ethyl adjacent to an activating group) is 1. The SMILES string of the molecule is CCN1C(N(c2ccccc2)c2ccccc2)=NC(=O)/C1=C\c1cc2c3c(c1)CCCN3CCC2. The number of aryl methyl sites for hydroxylation is 2. The third-order valence-electron chi connectivity index (χ3n) is 7.16. The van der Waals surface area contributed by atoms with Gasteiger partial charge < -0.3 is 9.80 Å². The van der Waals surface area contributed by atoms with Crippen molar-refractivity contribution in [3.05, 3.63) is 95.2 Å². The maximum Gasteiger partial charge on any atom is 0.296 e. The minimum absolute atomic E-state index is 0.188. The molecule has 0 bridgehead atoms. The van der Waals surface area contributed by atoms with Crippen LogP contribution in [-0.2, 0) is 17.6 Å². The van der Waals surface area contributed by atoms with Gasteiger partial charge >= 0.3 is 0 Å². The number of hydrogen-bond donors (Lipinski definition) is 0. The minimum Gasteiger partial charge on any atom is -0.371 e. The summed E-state index contributed by atoms with van der Waals surface area (Å²) in [5, 5.41) is 0. The van der Waals surface area contributed by atoms with Crippen LogP contribution in [0.3, 0.4) is 0 Å². The highest BCUT2D eigenvalue weighted by atomic mass is 16.2. The van der Waals surface area contributed by atoms with Crippen molar-refractivity contribution < 1.29 is 4.79 Å². The van der Waals surface area contributed by atoms with E-state index in [9.17, 15) is 4.79 Å². The molecule has 176 valence electrons. The molecule has 35 heavy (non-hydrogen) atoms. The van der Waals surface area contributed by atoms with Gasteiger partial charge in [-0.2, -0.15) is 4.99 Å². The third-order valence-corrected chi connectivity index (χ3v) is 7.16. The number of guanidine groups is 1. The molecule has 0 radical (unpaired) electrons. The summed E-state index contributed by atoms with van der Waals surface area (Å²) in [5.41, 5.74) is 7.98. The Kier molecular flexibility index (Phi) is 5.61. The Morgan fingerprint density at radius 2 is 1.46 bits per heavy atom. The second-order valence-electron chi connectivity index (χ2n) is 9.38. The van der Waals surface area contributed by atoms with Crippen molar-refractivity contribution in [3.8, 4) is 0 Å². The van der Waals surface area contributed by atoms with Gasteiger partial charge in [0.1, 0.15) is 5.70 Å². The fourth-order valence-electron chi connectivity index (χ4n) is 5.66. The number of aliphatic imine (C=N–C) groups is 1. The minimum atomic E-state index is -0.188. The Balaban J connectivity index is 1.41. The summed E-state index contributed by atoms with van der Waals surface area (Å²) < 4.78 is 0. The number of benzene rings is 3. The standard InChI is InChI=1S/C30H30N4O/c1-2-33-27(21-22-19-23-11-9-17-32-18-10-12-24(20-22)28(23)32)29(35)31-30(33)34(25-13-5-3-6-14-25)26-15-7-4-8-16-26/h3-8,13-16,19-21H,2,9-12,17-18H2,1H3/b27-21+. The second-order valence-corrected chi connectivity index (χ2v) is 9.38. The normalized spacial score (nSPS) is 18.0. The van der Waals surface area contributed by atoms with Crippen LogP contribution in [0.15, 0.2) is 83.5 Å². The van der Waals surface area contributed by atoms with Gasteiger partial charge in [-0.25, -0.2) is 0 Å². The first-order valence-electron chi connectivity index (χ1n) is 12.7. The third kappa shape index (κ3) is 3.91. The quantitative estimate of drug-likeness (QED) is 0.461. The molecule has 0 unspecified atom stereocenters. The van der Waals surface area contributed by atoms with E-state index in [1.165, 1.54) is 29.7 Å². The zero-order chi connectivity index (χ0) is 23.8. The Bertz CT molecular complexity index is 1240. The lowest BCUT2D eigenvalue weighted by Gasteiger charge is -2.37. The average molecular weight is 463 g/mol. The molecule has 0 spiro atoms. The molecule has 0 aromatic heterocycles. The fraction of sp³-hybridized carbons (Fsp3) is 0.267. The number of amides is 1. The highest BCUT2D eigenvalue weighted by molar-refractivity contribution is 6.19. The first-order chi connectivity index (χ1) is 17.2. The smallest absolute Gasteiger partial charge is 0.296 e. The van der Waals surface area contributed by atoms with Gasteiger partial charge in [-0.3, -0.25) is 9.69 Å². The number of carbonyl (C=O) groups excluding carboxylic acids is 1. The van der Waals surface area contributed by atoms with Crippen LogP contribution in [0.1, 0.15) is 36.5 Å². The Hall–Kier alpha value is -3.86. The van der Waals surface area contributed by atoms with Gasteiger partial charge in [0, 0.05) is 36.7 Å². The van der Waals surface area contributed by atoms with Gasteiger partial charge in [0.15, 0.2) is 0 Å². The summed E-state index contributed by atoms with van der Waals surface area (Å²) >= 11 is 0. The largest absolute Gasteiger partial charge is 0.371 e. The van der Waals surface area contributed by atoms with Gasteiger partial charge in [-0.1, -0.05) is 36.4 Å². The van der Waals surface area contributed by atoms with Gasteiger partial charge in [-0.05, 0) is 91.8 Å². The molecule has 0 N–H and O–H groups in total. The van der Waals surface area contributed by atoms with E-state index in [4.69, 9.17) is 0 Å². The van der Waals surface area contributed by atoms with E-state index >= 15 is 0 Å². The highest BCUT2D eigenvalue weighted by Gasteiger charge is 2.34. The molecule has 3 aromatic rings. The molecule has 0 aliphatic carbocycles. The molecule has 3 aliphatic heterocycles. The molecule has 0 fully saturated rings. The molecule has 0 atom stereocenters. The summed E-state index contributed by atoms with van der Waals surface area (Å²) in [6, 6.07) is 24.8. The summed E-state index contributed by atoms with van der Waals surface area (Å²) in [6.07, 6.45) is 6.66. The monoisotopic (exact) mass is 462 g/mol. The molecule has 3 aromatic carbocycles. The number of anilines is 3. The van der Waals surface area contributed by atoms with Gasteiger partial charge in [0.2, 0.25) is 5.96 Å². The van der Waals surface area contributed by atoms with E-state index in [1.807, 2.05) is 47.4 Å². The van der Waals surface area contributed by atoms with E-state index < -0.39 is 0 Å². The Labute approximate surface area is 207 Å². The first kappa shape index (κ1) is 21.7. The van der Waals surface area contributed by atoms with E-state index in [0.29, 0.717) is 18.2 Å². The van der Waals surface area contributed by atoms with Crippen LogP contribution >= 0.6 is 0 Å². The first-order valence-corrected chi connectivity index (χ1v) is 12.7. The van der Waals surface area contributed by atoms with Crippen LogP contribution in [0.25, 0.3) is 6.08 Å². The molecule has 0 saturated heterocycles. The maximum atomic E-state index is 13.3. The van der Waals surface area contributed by atoms with Crippen LogP contribution in [0, 0.1) is 0 Å². The predicted octanol–water partition coefficient (Wildman–Crippen LogP) is 5.78. The fourth-order valence-corrected chi connectivity index (χ4v) is 5.66. The number of para-hydroxylation sites is 2. The molecule has 5 heteroatoms. The van der Waals surface area contributed by atoms with E-state index in [2.05, 4.69) is 58.1 Å². The van der Waals surface area contributed by atoms with Crippen molar-refractivity contribution in [2.45, 2.75) is 32.6 Å². The lowest BCUT2D eigenvalue weighted by molar-refractivity contribution is -0.114. The number of nitrogens with zero attached hydrogens (tertiary/aromatic N) is 4. The highest BCUT2D eigenvalue weighted by Crippen LogP contribution is 2.37. The average Bonchev–Trinajstić information content (AvgIpc) is 3.20. The van der Waals surface area contributed by atoms with Crippen molar-refractivity contribution in [1.29, 1.82) is 0 Å². The molecule has 3 aliphatic rings. The second kappa shape index (κ2) is 9.06. The van der Waals surface area contributed by atoms with Crippen LogP contribution in [0.2, 0.25) is 0 Å². The molecular formula is C30H30N4O. The zero-order valence-electron chi connectivity index (χ0n) is 20.2. The Morgan fingerprint density at radius 1 is 0.886 bits per heavy atom. The van der Waals surface area contributed by atoms with Crippen molar-refractivity contribution in [1.82, 2.24) is 4.90 Å². The molecular weight excluding hydrogens is 432 g/mol. The summed E-state index contributed by atoms with van der Waals surface area (Å²) in [7, 11) is 0. The van der Waals surface area contributed by atoms with Crippen LogP contribution in [-0.4, -0.2) is 36.4 Å². The van der Waals surface area contributed by atoms with Crippen molar-refractivity contribution in [2.24, 2.45) is 4.99 Å². The zero-order valence-corrected chi connectivity index (χ0v) is 20.2. The predicted molar refractivity (Wildman–Crippen MR) is 143 cm³/mol. The van der Waals surface area contributed by atoms with E-state index in [-0.39, 0.29) is 5.91 Å². The van der Waals surface area contributed by atoms with E-state index in [0.717, 1.165) is 42.9 Å². The van der Waals surface area contributed by atoms with Crippen molar-refractivity contribution in [3.63, 3.8) is 0 Å². The maximum absolute atomic E-state index is 13.3. The number of carbonyl (C=O) groups is 1.